The molecule has 4 nitrogen and oxygen atoms in total. The summed E-state index contributed by atoms with van der Waals surface area (Å²) in [6.45, 7) is 0. The van der Waals surface area contributed by atoms with E-state index in [0.717, 1.165) is 24.6 Å². The Morgan fingerprint density at radius 2 is 2.17 bits per heavy atom. The van der Waals surface area contributed by atoms with Gasteiger partial charge in [-0.05, 0) is 29.8 Å². The average molecular weight is 406 g/mol. The highest BCUT2D eigenvalue weighted by molar-refractivity contribution is 9.10. The van der Waals surface area contributed by atoms with E-state index in [4.69, 9.17) is 0 Å². The molecular weight excluding hydrogens is 394 g/mol. The number of carbonyl (C=O) groups excluding carboxylic acids is 1. The summed E-state index contributed by atoms with van der Waals surface area (Å²) in [7, 11) is 0. The number of rotatable bonds is 5. The van der Waals surface area contributed by atoms with E-state index < -0.39 is 0 Å². The first-order chi connectivity index (χ1) is 11.2. The van der Waals surface area contributed by atoms with Gasteiger partial charge in [0.15, 0.2) is 4.34 Å². The van der Waals surface area contributed by atoms with Crippen molar-refractivity contribution in [3.8, 4) is 0 Å². The molecule has 1 N–H and O–H groups in total. The number of aromatic nitrogens is 1. The zero-order chi connectivity index (χ0) is 16.1. The predicted molar refractivity (Wildman–Crippen MR) is 100 cm³/mol. The minimum absolute atomic E-state index is 0.152. The van der Waals surface area contributed by atoms with E-state index in [2.05, 4.69) is 31.4 Å². The van der Waals surface area contributed by atoms with Crippen molar-refractivity contribution in [2.75, 3.05) is 5.75 Å². The van der Waals surface area contributed by atoms with Crippen LogP contribution in [-0.2, 0) is 4.79 Å². The van der Waals surface area contributed by atoms with Crippen LogP contribution in [-0.4, -0.2) is 22.9 Å². The van der Waals surface area contributed by atoms with E-state index in [9.17, 15) is 4.79 Å². The van der Waals surface area contributed by atoms with E-state index >= 15 is 0 Å². The van der Waals surface area contributed by atoms with Gasteiger partial charge in [-0.2, -0.15) is 5.10 Å². The lowest BCUT2D eigenvalue weighted by molar-refractivity contribution is -0.118. The van der Waals surface area contributed by atoms with E-state index in [1.165, 1.54) is 11.8 Å². The summed E-state index contributed by atoms with van der Waals surface area (Å²) >= 11 is 6.40. The Balaban J connectivity index is 1.51. The van der Waals surface area contributed by atoms with Gasteiger partial charge in [-0.15, -0.1) is 11.3 Å². The van der Waals surface area contributed by atoms with Crippen LogP contribution in [0.5, 0.6) is 0 Å². The molecule has 0 aliphatic heterocycles. The van der Waals surface area contributed by atoms with E-state index in [1.54, 1.807) is 17.6 Å². The molecule has 1 heterocycles. The molecule has 7 heteroatoms. The van der Waals surface area contributed by atoms with Crippen molar-refractivity contribution >= 4 is 61.4 Å². The molecule has 0 radical (unpaired) electrons. The van der Waals surface area contributed by atoms with Gasteiger partial charge in [-0.3, -0.25) is 4.79 Å². The standard InChI is InChI=1S/C16H12BrN3OS2/c17-12-5-3-4-11(8-12)9-18-20-15(21)10-22-16-19-13-6-1-2-7-14(13)23-16/h1-9H,10H2,(H,20,21)/b18-9-. The Morgan fingerprint density at radius 3 is 3.00 bits per heavy atom. The molecule has 1 aromatic heterocycles. The van der Waals surface area contributed by atoms with Gasteiger partial charge >= 0.3 is 0 Å². The number of thiazole rings is 1. The fourth-order valence-corrected chi connectivity index (χ4v) is 4.12. The zero-order valence-corrected chi connectivity index (χ0v) is 15.1. The average Bonchev–Trinajstić information content (AvgIpc) is 2.96. The lowest BCUT2D eigenvalue weighted by Gasteiger charge is -1.98. The maximum atomic E-state index is 11.8. The molecule has 0 unspecified atom stereocenters. The quantitative estimate of drug-likeness (QED) is 0.391. The third-order valence-corrected chi connectivity index (χ3v) is 5.53. The molecule has 2 aromatic carbocycles. The number of nitrogens with one attached hydrogen (secondary N) is 1. The molecule has 0 bridgehead atoms. The molecule has 3 aromatic rings. The van der Waals surface area contributed by atoms with Crippen molar-refractivity contribution in [2.45, 2.75) is 4.34 Å². The van der Waals surface area contributed by atoms with E-state index in [1.807, 2.05) is 48.5 Å². The smallest absolute Gasteiger partial charge is 0.250 e. The third kappa shape index (κ3) is 4.63. The van der Waals surface area contributed by atoms with Crippen molar-refractivity contribution in [1.82, 2.24) is 10.4 Å². The summed E-state index contributed by atoms with van der Waals surface area (Å²) in [6, 6.07) is 15.6. The van der Waals surface area contributed by atoms with Crippen molar-refractivity contribution in [2.24, 2.45) is 5.10 Å². The number of carbonyl (C=O) groups is 1. The Bertz CT molecular complexity index is 830. The van der Waals surface area contributed by atoms with Crippen LogP contribution in [0.3, 0.4) is 0 Å². The zero-order valence-electron chi connectivity index (χ0n) is 11.9. The minimum Gasteiger partial charge on any atom is -0.272 e. The van der Waals surface area contributed by atoms with Gasteiger partial charge in [0.1, 0.15) is 0 Å². The summed E-state index contributed by atoms with van der Waals surface area (Å²) in [5.74, 6) is 0.135. The second-order valence-corrected chi connectivity index (χ2v) is 7.75. The van der Waals surface area contributed by atoms with Crippen molar-refractivity contribution in [3.05, 3.63) is 58.6 Å². The van der Waals surface area contributed by atoms with Gasteiger partial charge in [0, 0.05) is 4.47 Å². The van der Waals surface area contributed by atoms with Gasteiger partial charge in [-0.25, -0.2) is 10.4 Å². The van der Waals surface area contributed by atoms with E-state index in [0.29, 0.717) is 0 Å². The SMILES string of the molecule is O=C(CSc1nc2ccccc2s1)N/N=C\c1cccc(Br)c1. The number of amides is 1. The van der Waals surface area contributed by atoms with Crippen LogP contribution in [0, 0.1) is 0 Å². The van der Waals surface area contributed by atoms with Gasteiger partial charge in [-0.1, -0.05) is 52.0 Å². The summed E-state index contributed by atoms with van der Waals surface area (Å²) < 4.78 is 2.99. The molecule has 0 aliphatic carbocycles. The maximum Gasteiger partial charge on any atom is 0.250 e. The van der Waals surface area contributed by atoms with Crippen LogP contribution >= 0.6 is 39.0 Å². The number of nitrogens with zero attached hydrogens (tertiary/aromatic N) is 2. The van der Waals surface area contributed by atoms with Gasteiger partial charge in [0.05, 0.1) is 22.2 Å². The lowest BCUT2D eigenvalue weighted by atomic mass is 10.2. The second kappa shape index (κ2) is 7.72. The lowest BCUT2D eigenvalue weighted by Crippen LogP contribution is -2.19. The number of halogens is 1. The highest BCUT2D eigenvalue weighted by atomic mass is 79.9. The van der Waals surface area contributed by atoms with Crippen LogP contribution in [0.1, 0.15) is 5.56 Å². The summed E-state index contributed by atoms with van der Waals surface area (Å²) in [6.07, 6.45) is 1.62. The molecule has 23 heavy (non-hydrogen) atoms. The number of fused-ring (bicyclic) bond motifs is 1. The van der Waals surface area contributed by atoms with Crippen LogP contribution in [0.15, 0.2) is 62.4 Å². The number of hydrazone groups is 1. The van der Waals surface area contributed by atoms with Crippen molar-refractivity contribution in [3.63, 3.8) is 0 Å². The molecule has 0 aliphatic rings. The molecular formula is C16H12BrN3OS2. The van der Waals surface area contributed by atoms with Crippen LogP contribution in [0.4, 0.5) is 0 Å². The first-order valence-corrected chi connectivity index (χ1v) is 9.36. The Kier molecular flexibility index (Phi) is 5.43. The maximum absolute atomic E-state index is 11.8. The number of thioether (sulfide) groups is 1. The normalized spacial score (nSPS) is 11.2. The molecule has 0 saturated carbocycles. The highest BCUT2D eigenvalue weighted by Crippen LogP contribution is 2.28. The molecule has 3 rings (SSSR count). The first-order valence-electron chi connectivity index (χ1n) is 6.76. The molecule has 0 fully saturated rings. The van der Waals surface area contributed by atoms with Gasteiger partial charge < -0.3 is 0 Å². The number of hydrogen-bond donors (Lipinski definition) is 1. The largest absolute Gasteiger partial charge is 0.272 e. The molecule has 0 atom stereocenters. The monoisotopic (exact) mass is 405 g/mol. The summed E-state index contributed by atoms with van der Waals surface area (Å²) in [5, 5.41) is 3.96. The van der Waals surface area contributed by atoms with Crippen molar-refractivity contribution in [1.29, 1.82) is 0 Å². The number of hydrogen-bond acceptors (Lipinski definition) is 5. The molecule has 1 amide bonds. The Labute approximate surface area is 150 Å². The number of para-hydroxylation sites is 1. The van der Waals surface area contributed by atoms with Gasteiger partial charge in [0.2, 0.25) is 0 Å². The fraction of sp³-hybridized carbons (Fsp3) is 0.0625. The molecule has 0 spiro atoms. The fourth-order valence-electron chi connectivity index (χ4n) is 1.84. The Morgan fingerprint density at radius 1 is 1.30 bits per heavy atom. The highest BCUT2D eigenvalue weighted by Gasteiger charge is 2.06. The summed E-state index contributed by atoms with van der Waals surface area (Å²) in [5.41, 5.74) is 4.41. The second-order valence-electron chi connectivity index (χ2n) is 4.58. The van der Waals surface area contributed by atoms with E-state index in [-0.39, 0.29) is 11.7 Å². The summed E-state index contributed by atoms with van der Waals surface area (Å²) in [4.78, 5) is 16.3. The topological polar surface area (TPSA) is 54.4 Å². The minimum atomic E-state index is -0.152. The van der Waals surface area contributed by atoms with Crippen LogP contribution < -0.4 is 5.43 Å². The van der Waals surface area contributed by atoms with Crippen LogP contribution in [0.2, 0.25) is 0 Å². The van der Waals surface area contributed by atoms with Crippen LogP contribution in [0.25, 0.3) is 10.2 Å². The molecule has 116 valence electrons. The van der Waals surface area contributed by atoms with Gasteiger partial charge in [0.25, 0.3) is 5.91 Å². The predicted octanol–water partition coefficient (Wildman–Crippen LogP) is 4.30. The molecule has 0 saturated heterocycles. The first kappa shape index (κ1) is 16.2. The third-order valence-electron chi connectivity index (χ3n) is 2.85. The Hall–Kier alpha value is -1.70. The number of benzene rings is 2. The van der Waals surface area contributed by atoms with Crippen molar-refractivity contribution < 1.29 is 4.79 Å².